The average Bonchev–Trinajstić information content (AvgIpc) is 3.51. The highest BCUT2D eigenvalue weighted by atomic mass is 16.3. The lowest BCUT2D eigenvalue weighted by Gasteiger charge is -2.27. The van der Waals surface area contributed by atoms with Gasteiger partial charge < -0.3 is 10.0 Å². The number of aliphatic hydroxyl groups excluding tert-OH is 1. The number of rotatable bonds is 4. The molecule has 0 aromatic heterocycles. The molecule has 3 aromatic carbocycles. The Balaban J connectivity index is 1.68. The van der Waals surface area contributed by atoms with Crippen molar-refractivity contribution in [2.24, 2.45) is 0 Å². The lowest BCUT2D eigenvalue weighted by molar-refractivity contribution is -0.132. The first-order chi connectivity index (χ1) is 18.1. The number of ketones is 1. The van der Waals surface area contributed by atoms with Gasteiger partial charge in [-0.05, 0) is 84.7 Å². The van der Waals surface area contributed by atoms with Crippen LogP contribution < -0.4 is 9.80 Å². The summed E-state index contributed by atoms with van der Waals surface area (Å²) in [5, 5.41) is 11.7. The Hall–Kier alpha value is -3.86. The van der Waals surface area contributed by atoms with Crippen LogP contribution in [0, 0.1) is 13.8 Å². The molecule has 2 heterocycles. The van der Waals surface area contributed by atoms with Gasteiger partial charge in [-0.3, -0.25) is 14.5 Å². The van der Waals surface area contributed by atoms with E-state index in [0.717, 1.165) is 41.0 Å². The highest BCUT2D eigenvalue weighted by Gasteiger charge is 2.47. The van der Waals surface area contributed by atoms with Crippen molar-refractivity contribution in [3.8, 4) is 0 Å². The Morgan fingerprint density at radius 3 is 2.11 bits per heavy atom. The van der Waals surface area contributed by atoms with Crippen molar-refractivity contribution in [1.29, 1.82) is 0 Å². The molecule has 2 fully saturated rings. The van der Waals surface area contributed by atoms with Gasteiger partial charge in [0.25, 0.3) is 11.7 Å². The Bertz CT molecular complexity index is 1420. The van der Waals surface area contributed by atoms with Gasteiger partial charge in [0.2, 0.25) is 0 Å². The molecule has 1 N–H and O–H groups in total. The molecule has 3 aromatic rings. The topological polar surface area (TPSA) is 60.9 Å². The lowest BCUT2D eigenvalue weighted by atomic mass is 9.84. The molecule has 2 aliphatic rings. The Morgan fingerprint density at radius 2 is 1.47 bits per heavy atom. The number of hydrogen-bond acceptors (Lipinski definition) is 4. The highest BCUT2D eigenvalue weighted by molar-refractivity contribution is 6.51. The van der Waals surface area contributed by atoms with E-state index >= 15 is 0 Å². The van der Waals surface area contributed by atoms with E-state index in [9.17, 15) is 14.7 Å². The molecule has 38 heavy (non-hydrogen) atoms. The Morgan fingerprint density at radius 1 is 0.842 bits per heavy atom. The first kappa shape index (κ1) is 25.8. The van der Waals surface area contributed by atoms with Gasteiger partial charge in [0.15, 0.2) is 0 Å². The van der Waals surface area contributed by atoms with Crippen LogP contribution in [0.1, 0.15) is 67.5 Å². The van der Waals surface area contributed by atoms with Gasteiger partial charge >= 0.3 is 0 Å². The molecule has 2 aliphatic heterocycles. The quantitative estimate of drug-likeness (QED) is 0.238. The molecule has 196 valence electrons. The van der Waals surface area contributed by atoms with Crippen LogP contribution in [-0.4, -0.2) is 29.9 Å². The first-order valence-electron chi connectivity index (χ1n) is 13.4. The van der Waals surface area contributed by atoms with Crippen LogP contribution in [0.15, 0.2) is 72.3 Å². The van der Waals surface area contributed by atoms with Crippen molar-refractivity contribution in [1.82, 2.24) is 0 Å². The third-order valence-corrected chi connectivity index (χ3v) is 7.89. The van der Waals surface area contributed by atoms with E-state index < -0.39 is 17.7 Å². The molecular weight excluding hydrogens is 472 g/mol. The number of Topliss-reactive ketones (excluding diaryl/α,β-unsaturated/α-hetero) is 1. The van der Waals surface area contributed by atoms with Gasteiger partial charge in [-0.2, -0.15) is 0 Å². The summed E-state index contributed by atoms with van der Waals surface area (Å²) >= 11 is 0. The van der Waals surface area contributed by atoms with Crippen LogP contribution in [0.25, 0.3) is 5.76 Å². The molecule has 1 unspecified atom stereocenters. The van der Waals surface area contributed by atoms with Crippen molar-refractivity contribution < 1.29 is 14.7 Å². The minimum Gasteiger partial charge on any atom is -0.507 e. The molecule has 1 amide bonds. The zero-order valence-electron chi connectivity index (χ0n) is 22.9. The van der Waals surface area contributed by atoms with Crippen molar-refractivity contribution in [3.63, 3.8) is 0 Å². The fourth-order valence-electron chi connectivity index (χ4n) is 5.57. The second-order valence-corrected chi connectivity index (χ2v) is 11.5. The summed E-state index contributed by atoms with van der Waals surface area (Å²) in [6.07, 6.45) is 2.36. The lowest BCUT2D eigenvalue weighted by Crippen LogP contribution is -2.29. The van der Waals surface area contributed by atoms with Gasteiger partial charge in [-0.25, -0.2) is 0 Å². The molecule has 5 rings (SSSR count). The molecule has 5 nitrogen and oxygen atoms in total. The van der Waals surface area contributed by atoms with Gasteiger partial charge in [-0.1, -0.05) is 57.2 Å². The molecule has 0 spiro atoms. The van der Waals surface area contributed by atoms with Gasteiger partial charge in [-0.15, -0.1) is 0 Å². The van der Waals surface area contributed by atoms with E-state index in [1.807, 2.05) is 80.6 Å². The van der Waals surface area contributed by atoms with E-state index in [0.29, 0.717) is 11.3 Å². The summed E-state index contributed by atoms with van der Waals surface area (Å²) in [5.74, 6) is -1.42. The minimum absolute atomic E-state index is 0.127. The molecule has 0 bridgehead atoms. The van der Waals surface area contributed by atoms with Crippen LogP contribution in [-0.2, 0) is 15.0 Å². The summed E-state index contributed by atoms with van der Waals surface area (Å²) in [4.78, 5) is 31.2. The van der Waals surface area contributed by atoms with Crippen LogP contribution in [0.3, 0.4) is 0 Å². The molecular formula is C33H36N2O3. The number of aliphatic hydroxyl groups is 1. The van der Waals surface area contributed by atoms with Crippen molar-refractivity contribution in [2.45, 2.75) is 58.9 Å². The van der Waals surface area contributed by atoms with Crippen LogP contribution in [0.5, 0.6) is 0 Å². The van der Waals surface area contributed by atoms with E-state index in [-0.39, 0.29) is 16.7 Å². The molecule has 1 atom stereocenters. The van der Waals surface area contributed by atoms with E-state index in [1.54, 1.807) is 4.90 Å². The third-order valence-electron chi connectivity index (χ3n) is 7.89. The number of amides is 1. The van der Waals surface area contributed by atoms with Crippen LogP contribution >= 0.6 is 0 Å². The molecule has 0 saturated carbocycles. The molecule has 2 saturated heterocycles. The third kappa shape index (κ3) is 4.51. The zero-order chi connectivity index (χ0) is 27.2. The van der Waals surface area contributed by atoms with Crippen LogP contribution in [0.2, 0.25) is 0 Å². The van der Waals surface area contributed by atoms with Crippen molar-refractivity contribution in [2.75, 3.05) is 22.9 Å². The minimum atomic E-state index is -0.730. The summed E-state index contributed by atoms with van der Waals surface area (Å²) in [5.41, 5.74) is 5.99. The number of nitrogens with zero attached hydrogens (tertiary/aromatic N) is 2. The maximum atomic E-state index is 13.7. The van der Waals surface area contributed by atoms with Gasteiger partial charge in [0.05, 0.1) is 11.6 Å². The molecule has 0 aliphatic carbocycles. The predicted octanol–water partition coefficient (Wildman–Crippen LogP) is 6.83. The smallest absolute Gasteiger partial charge is 0.300 e. The highest BCUT2D eigenvalue weighted by Crippen LogP contribution is 2.44. The fraction of sp³-hybridized carbons (Fsp3) is 0.333. The van der Waals surface area contributed by atoms with Gasteiger partial charge in [0.1, 0.15) is 5.76 Å². The predicted molar refractivity (Wildman–Crippen MR) is 154 cm³/mol. The van der Waals surface area contributed by atoms with Crippen molar-refractivity contribution in [3.05, 3.63) is 100 Å². The summed E-state index contributed by atoms with van der Waals surface area (Å²) in [7, 11) is 0. The number of carbonyl (C=O) groups is 2. The fourth-order valence-corrected chi connectivity index (χ4v) is 5.57. The number of carbonyl (C=O) groups excluding carboxylic acids is 2. The van der Waals surface area contributed by atoms with E-state index in [2.05, 4.69) is 25.7 Å². The standard InChI is InChI=1S/C33H36N2O3/c1-21-10-6-7-11-26(21)29-28(30(36)27-20-23(33(3,4)5)13-12-22(27)2)31(37)32(38)35(29)25-16-14-24(15-17-25)34-18-8-9-19-34/h6-7,10-17,20,29,36H,8-9,18-19H2,1-5H3/b30-28+. The largest absolute Gasteiger partial charge is 0.507 e. The molecule has 0 radical (unpaired) electrons. The SMILES string of the molecule is Cc1ccc(C(C)(C)C)cc1/C(O)=C1\C(=O)C(=O)N(c2ccc(N3CCCC3)cc2)C1c1ccccc1C. The number of hydrogen-bond donors (Lipinski definition) is 1. The number of benzene rings is 3. The van der Waals surface area contributed by atoms with E-state index in [4.69, 9.17) is 0 Å². The maximum Gasteiger partial charge on any atom is 0.300 e. The van der Waals surface area contributed by atoms with Gasteiger partial charge in [0, 0.05) is 30.0 Å². The van der Waals surface area contributed by atoms with Crippen molar-refractivity contribution >= 4 is 28.8 Å². The second kappa shape index (κ2) is 9.79. The summed E-state index contributed by atoms with van der Waals surface area (Å²) in [6, 6.07) is 20.8. The zero-order valence-corrected chi connectivity index (χ0v) is 22.9. The number of aryl methyl sites for hydroxylation is 2. The summed E-state index contributed by atoms with van der Waals surface area (Å²) < 4.78 is 0. The van der Waals surface area contributed by atoms with E-state index in [1.165, 1.54) is 12.8 Å². The first-order valence-corrected chi connectivity index (χ1v) is 13.4. The average molecular weight is 509 g/mol. The summed E-state index contributed by atoms with van der Waals surface area (Å²) in [6.45, 7) is 12.3. The second-order valence-electron chi connectivity index (χ2n) is 11.5. The Labute approximate surface area is 225 Å². The maximum absolute atomic E-state index is 13.7. The Kier molecular flexibility index (Phi) is 6.64. The number of anilines is 2. The normalized spacial score (nSPS) is 19.4. The monoisotopic (exact) mass is 508 g/mol. The van der Waals surface area contributed by atoms with Crippen LogP contribution in [0.4, 0.5) is 11.4 Å². The molecule has 5 heteroatoms.